The number of ether oxygens (including phenoxy) is 1. The SMILES string of the molecule is Cc1ccnc(N2CCN(C(C)c3cn[nH]c3C)CC2)c1C(=O)OC(C)C. The van der Waals surface area contributed by atoms with Crippen LogP contribution in [0.4, 0.5) is 5.82 Å². The Hall–Kier alpha value is -2.41. The zero-order valence-electron chi connectivity index (χ0n) is 16.8. The average molecular weight is 371 g/mol. The molecule has 27 heavy (non-hydrogen) atoms. The number of aryl methyl sites for hydroxylation is 2. The van der Waals surface area contributed by atoms with E-state index in [4.69, 9.17) is 4.74 Å². The van der Waals surface area contributed by atoms with Gasteiger partial charge in [-0.15, -0.1) is 0 Å². The molecule has 1 fully saturated rings. The van der Waals surface area contributed by atoms with Crippen LogP contribution in [0.1, 0.15) is 54.0 Å². The molecule has 1 unspecified atom stereocenters. The highest BCUT2D eigenvalue weighted by Gasteiger charge is 2.28. The standard InChI is InChI=1S/C20H29N5O2/c1-13(2)27-20(26)18-14(3)6-7-21-19(18)25-10-8-24(9-11-25)16(5)17-12-22-23-15(17)4/h6-7,12-13,16H,8-11H2,1-5H3,(H,22,23). The maximum atomic E-state index is 12.6. The van der Waals surface area contributed by atoms with Crippen molar-refractivity contribution in [2.24, 2.45) is 0 Å². The van der Waals surface area contributed by atoms with Crippen LogP contribution in [0.15, 0.2) is 18.5 Å². The Balaban J connectivity index is 1.74. The molecule has 7 heteroatoms. The fourth-order valence-electron chi connectivity index (χ4n) is 3.61. The molecule has 1 atom stereocenters. The summed E-state index contributed by atoms with van der Waals surface area (Å²) in [6, 6.07) is 2.17. The van der Waals surface area contributed by atoms with Crippen LogP contribution < -0.4 is 4.90 Å². The molecule has 1 aliphatic rings. The number of pyridine rings is 1. The van der Waals surface area contributed by atoms with E-state index in [1.54, 1.807) is 6.20 Å². The molecule has 0 radical (unpaired) electrons. The van der Waals surface area contributed by atoms with E-state index >= 15 is 0 Å². The van der Waals surface area contributed by atoms with Gasteiger partial charge in [-0.1, -0.05) is 0 Å². The van der Waals surface area contributed by atoms with Gasteiger partial charge in [-0.05, 0) is 46.2 Å². The molecule has 0 bridgehead atoms. The highest BCUT2D eigenvalue weighted by atomic mass is 16.5. The highest BCUT2D eigenvalue weighted by Crippen LogP contribution is 2.27. The van der Waals surface area contributed by atoms with Gasteiger partial charge in [0.1, 0.15) is 11.4 Å². The van der Waals surface area contributed by atoms with Gasteiger partial charge in [0.2, 0.25) is 0 Å². The van der Waals surface area contributed by atoms with Crippen LogP contribution in [0.3, 0.4) is 0 Å². The van der Waals surface area contributed by atoms with E-state index in [0.717, 1.165) is 43.3 Å². The maximum Gasteiger partial charge on any atom is 0.342 e. The number of H-pyrrole nitrogens is 1. The Morgan fingerprint density at radius 1 is 1.19 bits per heavy atom. The van der Waals surface area contributed by atoms with Gasteiger partial charge in [-0.25, -0.2) is 9.78 Å². The van der Waals surface area contributed by atoms with E-state index in [0.29, 0.717) is 11.6 Å². The second-order valence-electron chi connectivity index (χ2n) is 7.43. The van der Waals surface area contributed by atoms with Crippen molar-refractivity contribution >= 4 is 11.8 Å². The van der Waals surface area contributed by atoms with Gasteiger partial charge in [0.25, 0.3) is 0 Å². The molecule has 0 saturated carbocycles. The minimum Gasteiger partial charge on any atom is -0.459 e. The number of nitrogens with zero attached hydrogens (tertiary/aromatic N) is 4. The van der Waals surface area contributed by atoms with Crippen LogP contribution in [0.2, 0.25) is 0 Å². The average Bonchev–Trinajstić information content (AvgIpc) is 3.06. The van der Waals surface area contributed by atoms with Crippen molar-refractivity contribution in [3.8, 4) is 0 Å². The first-order valence-electron chi connectivity index (χ1n) is 9.54. The zero-order chi connectivity index (χ0) is 19.6. The number of carbonyl (C=O) groups is 1. The molecule has 0 aliphatic carbocycles. The van der Waals surface area contributed by atoms with Crippen molar-refractivity contribution in [1.82, 2.24) is 20.1 Å². The first-order chi connectivity index (χ1) is 12.9. The van der Waals surface area contributed by atoms with E-state index in [1.807, 2.05) is 33.0 Å². The highest BCUT2D eigenvalue weighted by molar-refractivity contribution is 5.96. The van der Waals surface area contributed by atoms with Crippen LogP contribution in [0.25, 0.3) is 0 Å². The Labute approximate surface area is 160 Å². The molecule has 3 heterocycles. The number of hydrogen-bond acceptors (Lipinski definition) is 6. The van der Waals surface area contributed by atoms with E-state index < -0.39 is 0 Å². The maximum absolute atomic E-state index is 12.6. The van der Waals surface area contributed by atoms with Gasteiger partial charge >= 0.3 is 5.97 Å². The fourth-order valence-corrected chi connectivity index (χ4v) is 3.61. The van der Waals surface area contributed by atoms with Gasteiger partial charge in [-0.2, -0.15) is 5.10 Å². The van der Waals surface area contributed by atoms with Crippen molar-refractivity contribution < 1.29 is 9.53 Å². The summed E-state index contributed by atoms with van der Waals surface area (Å²) < 4.78 is 5.44. The Morgan fingerprint density at radius 3 is 2.48 bits per heavy atom. The summed E-state index contributed by atoms with van der Waals surface area (Å²) in [5, 5.41) is 7.16. The number of hydrogen-bond donors (Lipinski definition) is 1. The van der Waals surface area contributed by atoms with E-state index in [9.17, 15) is 4.79 Å². The minimum absolute atomic E-state index is 0.152. The lowest BCUT2D eigenvalue weighted by Gasteiger charge is -2.39. The summed E-state index contributed by atoms with van der Waals surface area (Å²) in [6.07, 6.45) is 3.52. The number of carbonyl (C=O) groups excluding carboxylic acids is 1. The second-order valence-corrected chi connectivity index (χ2v) is 7.43. The topological polar surface area (TPSA) is 74.4 Å². The molecule has 2 aromatic rings. The third-order valence-electron chi connectivity index (χ3n) is 5.17. The lowest BCUT2D eigenvalue weighted by Crippen LogP contribution is -2.48. The molecule has 2 aromatic heterocycles. The summed E-state index contributed by atoms with van der Waals surface area (Å²) in [5.74, 6) is 0.433. The molecule has 146 valence electrons. The summed E-state index contributed by atoms with van der Waals surface area (Å²) in [5.41, 5.74) is 3.83. The number of anilines is 1. The number of esters is 1. The summed E-state index contributed by atoms with van der Waals surface area (Å²) >= 11 is 0. The van der Waals surface area contributed by atoms with Crippen LogP contribution in [-0.4, -0.2) is 58.3 Å². The van der Waals surface area contributed by atoms with E-state index in [2.05, 4.69) is 38.8 Å². The molecule has 0 aromatic carbocycles. The van der Waals surface area contributed by atoms with Crippen LogP contribution in [-0.2, 0) is 4.74 Å². The van der Waals surface area contributed by atoms with Gasteiger partial charge < -0.3 is 9.64 Å². The first kappa shape index (κ1) is 19.4. The predicted molar refractivity (Wildman–Crippen MR) is 105 cm³/mol. The zero-order valence-corrected chi connectivity index (χ0v) is 16.8. The normalized spacial score (nSPS) is 16.6. The molecular formula is C20H29N5O2. The fraction of sp³-hybridized carbons (Fsp3) is 0.550. The van der Waals surface area contributed by atoms with E-state index in [1.165, 1.54) is 5.56 Å². The van der Waals surface area contributed by atoms with Crippen LogP contribution in [0.5, 0.6) is 0 Å². The smallest absolute Gasteiger partial charge is 0.342 e. The van der Waals surface area contributed by atoms with Gasteiger partial charge in [0, 0.05) is 49.7 Å². The Kier molecular flexibility index (Phi) is 5.79. The second kappa shape index (κ2) is 8.08. The quantitative estimate of drug-likeness (QED) is 0.815. The molecule has 1 N–H and O–H groups in total. The minimum atomic E-state index is -0.296. The lowest BCUT2D eigenvalue weighted by atomic mass is 10.1. The predicted octanol–water partition coefficient (Wildman–Crippen LogP) is 2.87. The van der Waals surface area contributed by atoms with Crippen molar-refractivity contribution in [3.05, 3.63) is 40.8 Å². The monoisotopic (exact) mass is 371 g/mol. The van der Waals surface area contributed by atoms with Gasteiger partial charge in [-0.3, -0.25) is 10.00 Å². The molecule has 0 amide bonds. The third kappa shape index (κ3) is 4.13. The molecule has 1 saturated heterocycles. The summed E-state index contributed by atoms with van der Waals surface area (Å²) in [4.78, 5) is 21.7. The van der Waals surface area contributed by atoms with Crippen molar-refractivity contribution in [3.63, 3.8) is 0 Å². The number of rotatable bonds is 5. The lowest BCUT2D eigenvalue weighted by molar-refractivity contribution is 0.0377. The molecule has 3 rings (SSSR count). The van der Waals surface area contributed by atoms with Crippen LogP contribution in [0, 0.1) is 13.8 Å². The molecular weight excluding hydrogens is 342 g/mol. The van der Waals surface area contributed by atoms with Gasteiger partial charge in [0.15, 0.2) is 0 Å². The first-order valence-corrected chi connectivity index (χ1v) is 9.54. The molecule has 1 aliphatic heterocycles. The number of piperazine rings is 1. The largest absolute Gasteiger partial charge is 0.459 e. The van der Waals surface area contributed by atoms with Crippen molar-refractivity contribution in [2.45, 2.75) is 46.8 Å². The van der Waals surface area contributed by atoms with Gasteiger partial charge in [0.05, 0.1) is 12.3 Å². The molecule has 0 spiro atoms. The summed E-state index contributed by atoms with van der Waals surface area (Å²) in [6.45, 7) is 13.4. The van der Waals surface area contributed by atoms with Crippen LogP contribution >= 0.6 is 0 Å². The third-order valence-corrected chi connectivity index (χ3v) is 5.17. The van der Waals surface area contributed by atoms with E-state index in [-0.39, 0.29) is 12.1 Å². The number of nitrogens with one attached hydrogen (secondary N) is 1. The number of aromatic nitrogens is 3. The summed E-state index contributed by atoms with van der Waals surface area (Å²) in [7, 11) is 0. The van der Waals surface area contributed by atoms with Crippen molar-refractivity contribution in [2.75, 3.05) is 31.1 Å². The molecule has 7 nitrogen and oxygen atoms in total. The Morgan fingerprint density at radius 2 is 1.89 bits per heavy atom. The Bertz CT molecular complexity index is 793. The van der Waals surface area contributed by atoms with Crippen molar-refractivity contribution in [1.29, 1.82) is 0 Å². The number of aromatic amines is 1.